The Bertz CT molecular complexity index is 801. The maximum Gasteiger partial charge on any atom is 0.327 e. The number of nitrogens with zero attached hydrogens (tertiary/aromatic N) is 1. The summed E-state index contributed by atoms with van der Waals surface area (Å²) in [4.78, 5) is 55.1. The van der Waals surface area contributed by atoms with Crippen molar-refractivity contribution in [1.82, 2.24) is 19.9 Å². The number of imidazole rings is 1. The van der Waals surface area contributed by atoms with E-state index in [0.29, 0.717) is 0 Å². The number of aliphatic carboxylic acids is 2. The first kappa shape index (κ1) is 14.5. The third-order valence-electron chi connectivity index (χ3n) is 2.92. The van der Waals surface area contributed by atoms with Crippen molar-refractivity contribution in [3.05, 3.63) is 26.7 Å². The number of carboxylic acids is 2. The molecule has 10 heteroatoms. The lowest BCUT2D eigenvalue weighted by atomic mass is 10.0. The number of carboxylic acid groups (broad SMARTS) is 2. The second-order valence-electron chi connectivity index (χ2n) is 4.43. The van der Waals surface area contributed by atoms with E-state index in [1.54, 1.807) is 0 Å². The van der Waals surface area contributed by atoms with Gasteiger partial charge in [-0.25, -0.2) is 9.78 Å². The summed E-state index contributed by atoms with van der Waals surface area (Å²) in [7, 11) is 0. The molecule has 1 atom stereocenters. The van der Waals surface area contributed by atoms with Crippen LogP contribution in [0, 0.1) is 0 Å². The molecule has 5 N–H and O–H groups in total. The SMILES string of the molecule is O=C(O)CCCC(C(=O)O)c1nc2[nH]c(=O)[nH]c(=O)c2[nH]1. The van der Waals surface area contributed by atoms with Crippen LogP contribution in [-0.4, -0.2) is 42.1 Å². The minimum Gasteiger partial charge on any atom is -0.481 e. The summed E-state index contributed by atoms with van der Waals surface area (Å²) in [5.41, 5.74) is -1.53. The Morgan fingerprint density at radius 2 is 1.86 bits per heavy atom. The van der Waals surface area contributed by atoms with Crippen LogP contribution in [0.3, 0.4) is 0 Å². The van der Waals surface area contributed by atoms with E-state index >= 15 is 0 Å². The molecule has 0 saturated heterocycles. The normalized spacial score (nSPS) is 12.4. The van der Waals surface area contributed by atoms with Gasteiger partial charge in [0.15, 0.2) is 5.65 Å². The lowest BCUT2D eigenvalue weighted by molar-refractivity contribution is -0.140. The molecule has 0 aliphatic heterocycles. The Hall–Kier alpha value is -2.91. The van der Waals surface area contributed by atoms with E-state index in [1.165, 1.54) is 0 Å². The molecule has 21 heavy (non-hydrogen) atoms. The van der Waals surface area contributed by atoms with Crippen LogP contribution in [0.4, 0.5) is 0 Å². The fraction of sp³-hybridized carbons (Fsp3) is 0.364. The molecule has 0 amide bonds. The topological polar surface area (TPSA) is 169 Å². The van der Waals surface area contributed by atoms with Gasteiger partial charge in [-0.1, -0.05) is 0 Å². The zero-order valence-electron chi connectivity index (χ0n) is 10.7. The highest BCUT2D eigenvalue weighted by atomic mass is 16.4. The molecule has 0 radical (unpaired) electrons. The second-order valence-corrected chi connectivity index (χ2v) is 4.43. The number of fused-ring (bicyclic) bond motifs is 1. The summed E-state index contributed by atoms with van der Waals surface area (Å²) < 4.78 is 0. The van der Waals surface area contributed by atoms with Gasteiger partial charge in [0.2, 0.25) is 0 Å². The average molecular weight is 296 g/mol. The van der Waals surface area contributed by atoms with Crippen molar-refractivity contribution in [3.63, 3.8) is 0 Å². The molecular weight excluding hydrogens is 284 g/mol. The summed E-state index contributed by atoms with van der Waals surface area (Å²) in [5, 5.41) is 17.7. The van der Waals surface area contributed by atoms with Crippen LogP contribution in [-0.2, 0) is 9.59 Å². The van der Waals surface area contributed by atoms with E-state index in [0.717, 1.165) is 0 Å². The molecule has 0 bridgehead atoms. The highest BCUT2D eigenvalue weighted by Crippen LogP contribution is 2.21. The summed E-state index contributed by atoms with van der Waals surface area (Å²) in [6.07, 6.45) is 0.0290. The molecule has 0 fully saturated rings. The van der Waals surface area contributed by atoms with Gasteiger partial charge in [0.1, 0.15) is 17.3 Å². The number of hydrogen-bond donors (Lipinski definition) is 5. The zero-order chi connectivity index (χ0) is 15.6. The average Bonchev–Trinajstić information content (AvgIpc) is 2.77. The Balaban J connectivity index is 2.34. The third-order valence-corrected chi connectivity index (χ3v) is 2.92. The lowest BCUT2D eigenvalue weighted by Gasteiger charge is -2.07. The van der Waals surface area contributed by atoms with Gasteiger partial charge in [-0.2, -0.15) is 0 Å². The van der Waals surface area contributed by atoms with Crippen LogP contribution in [0.5, 0.6) is 0 Å². The van der Waals surface area contributed by atoms with E-state index in [4.69, 9.17) is 5.11 Å². The first-order chi connectivity index (χ1) is 9.88. The Morgan fingerprint density at radius 1 is 1.14 bits per heavy atom. The van der Waals surface area contributed by atoms with Gasteiger partial charge >= 0.3 is 17.6 Å². The van der Waals surface area contributed by atoms with Crippen molar-refractivity contribution < 1.29 is 19.8 Å². The number of aromatic nitrogens is 4. The van der Waals surface area contributed by atoms with Crippen LogP contribution in [0.2, 0.25) is 0 Å². The van der Waals surface area contributed by atoms with Crippen molar-refractivity contribution >= 4 is 23.1 Å². The van der Waals surface area contributed by atoms with E-state index in [9.17, 15) is 24.3 Å². The van der Waals surface area contributed by atoms with Crippen molar-refractivity contribution in [3.8, 4) is 0 Å². The highest BCUT2D eigenvalue weighted by molar-refractivity contribution is 5.77. The summed E-state index contributed by atoms with van der Waals surface area (Å²) in [6, 6.07) is 0. The number of carbonyl (C=O) groups is 2. The van der Waals surface area contributed by atoms with Gasteiger partial charge in [0, 0.05) is 6.42 Å². The van der Waals surface area contributed by atoms with Crippen molar-refractivity contribution in [2.24, 2.45) is 0 Å². The Morgan fingerprint density at radius 3 is 2.48 bits per heavy atom. The van der Waals surface area contributed by atoms with Gasteiger partial charge in [0.25, 0.3) is 5.56 Å². The van der Waals surface area contributed by atoms with Crippen molar-refractivity contribution in [2.75, 3.05) is 0 Å². The Kier molecular flexibility index (Phi) is 3.87. The standard InChI is InChI=1S/C11H12N4O6/c16-5(17)3-1-2-4(10(19)20)7-12-6-8(13-7)14-11(21)15-9(6)18/h4H,1-3H2,(H,16,17)(H,19,20)(H3,12,13,14,15,18,21). The summed E-state index contributed by atoms with van der Waals surface area (Å²) >= 11 is 0. The number of H-pyrrole nitrogens is 3. The van der Waals surface area contributed by atoms with E-state index in [-0.39, 0.29) is 36.3 Å². The van der Waals surface area contributed by atoms with Crippen LogP contribution < -0.4 is 11.2 Å². The molecule has 2 aromatic rings. The zero-order valence-corrected chi connectivity index (χ0v) is 10.7. The molecule has 0 saturated carbocycles. The molecule has 0 aliphatic carbocycles. The van der Waals surface area contributed by atoms with Gasteiger partial charge in [-0.15, -0.1) is 0 Å². The quantitative estimate of drug-likeness (QED) is 0.472. The first-order valence-corrected chi connectivity index (χ1v) is 6.05. The molecular formula is C11H12N4O6. The molecule has 2 heterocycles. The minimum absolute atomic E-state index is 0.00441. The lowest BCUT2D eigenvalue weighted by Crippen LogP contribution is -2.21. The van der Waals surface area contributed by atoms with Crippen LogP contribution in [0.25, 0.3) is 11.2 Å². The minimum atomic E-state index is -1.20. The Labute approximate surface area is 115 Å². The first-order valence-electron chi connectivity index (χ1n) is 6.05. The third kappa shape index (κ3) is 3.16. The molecule has 0 aromatic carbocycles. The van der Waals surface area contributed by atoms with Gasteiger partial charge in [0.05, 0.1) is 0 Å². The van der Waals surface area contributed by atoms with Gasteiger partial charge in [-0.3, -0.25) is 24.4 Å². The second kappa shape index (κ2) is 5.61. The summed E-state index contributed by atoms with van der Waals surface area (Å²) in [5.74, 6) is -3.31. The molecule has 2 aromatic heterocycles. The molecule has 2 rings (SSSR count). The predicted octanol–water partition coefficient (Wildman–Crippen LogP) is -0.637. The highest BCUT2D eigenvalue weighted by Gasteiger charge is 2.24. The maximum absolute atomic E-state index is 11.5. The predicted molar refractivity (Wildman–Crippen MR) is 69.2 cm³/mol. The summed E-state index contributed by atoms with van der Waals surface area (Å²) in [6.45, 7) is 0. The van der Waals surface area contributed by atoms with Gasteiger partial charge < -0.3 is 15.2 Å². The fourth-order valence-electron chi connectivity index (χ4n) is 1.95. The molecule has 10 nitrogen and oxygen atoms in total. The molecule has 1 unspecified atom stereocenters. The maximum atomic E-state index is 11.5. The van der Waals surface area contributed by atoms with Crippen LogP contribution >= 0.6 is 0 Å². The monoisotopic (exact) mass is 296 g/mol. The molecule has 0 spiro atoms. The smallest absolute Gasteiger partial charge is 0.327 e. The van der Waals surface area contributed by atoms with Gasteiger partial charge in [-0.05, 0) is 12.8 Å². The number of rotatable bonds is 6. The largest absolute Gasteiger partial charge is 0.481 e. The van der Waals surface area contributed by atoms with Crippen LogP contribution in [0.15, 0.2) is 9.59 Å². The van der Waals surface area contributed by atoms with E-state index in [1.807, 2.05) is 4.98 Å². The van der Waals surface area contributed by atoms with Crippen molar-refractivity contribution in [2.45, 2.75) is 25.2 Å². The molecule has 0 aliphatic rings. The molecule has 112 valence electrons. The number of nitrogens with one attached hydrogen (secondary N) is 3. The van der Waals surface area contributed by atoms with E-state index < -0.39 is 29.1 Å². The fourth-order valence-corrected chi connectivity index (χ4v) is 1.95. The number of hydrogen-bond acceptors (Lipinski definition) is 5. The number of aromatic amines is 3. The van der Waals surface area contributed by atoms with Crippen LogP contribution in [0.1, 0.15) is 31.0 Å². The van der Waals surface area contributed by atoms with E-state index in [2.05, 4.69) is 15.0 Å². The van der Waals surface area contributed by atoms with Crippen molar-refractivity contribution in [1.29, 1.82) is 0 Å².